The molecule has 2 aliphatic rings. The van der Waals surface area contributed by atoms with Crippen LogP contribution in [0.2, 0.25) is 0 Å². The lowest BCUT2D eigenvalue weighted by molar-refractivity contribution is 0.357. The first-order valence-electron chi connectivity index (χ1n) is 7.95. The van der Waals surface area contributed by atoms with Crippen molar-refractivity contribution in [1.29, 1.82) is 0 Å². The summed E-state index contributed by atoms with van der Waals surface area (Å²) in [7, 11) is 0. The van der Waals surface area contributed by atoms with Gasteiger partial charge in [0.05, 0.1) is 6.61 Å². The second kappa shape index (κ2) is 5.53. The summed E-state index contributed by atoms with van der Waals surface area (Å²) in [5, 5.41) is 3.46. The van der Waals surface area contributed by atoms with Crippen LogP contribution in [0.4, 0.5) is 0 Å². The predicted molar refractivity (Wildman–Crippen MR) is 84.9 cm³/mol. The number of fused-ring (bicyclic) bond motifs is 2. The normalized spacial score (nSPS) is 16.2. The molecular formula is C19H21NO. The summed E-state index contributed by atoms with van der Waals surface area (Å²) >= 11 is 0. The van der Waals surface area contributed by atoms with E-state index in [1.165, 1.54) is 28.7 Å². The Balaban J connectivity index is 1.52. The Hall–Kier alpha value is -1.80. The van der Waals surface area contributed by atoms with E-state index in [4.69, 9.17) is 4.74 Å². The van der Waals surface area contributed by atoms with E-state index in [1.54, 1.807) is 5.56 Å². The third-order valence-corrected chi connectivity index (χ3v) is 4.67. The van der Waals surface area contributed by atoms with Crippen LogP contribution in [0, 0.1) is 0 Å². The van der Waals surface area contributed by atoms with Crippen molar-refractivity contribution in [2.75, 3.05) is 13.2 Å². The monoisotopic (exact) mass is 279 g/mol. The quantitative estimate of drug-likeness (QED) is 0.932. The van der Waals surface area contributed by atoms with E-state index in [-0.39, 0.29) is 0 Å². The van der Waals surface area contributed by atoms with Gasteiger partial charge in [-0.05, 0) is 59.7 Å². The first kappa shape index (κ1) is 12.9. The number of hydrogen-bond acceptors (Lipinski definition) is 2. The van der Waals surface area contributed by atoms with Crippen molar-refractivity contribution in [1.82, 2.24) is 5.32 Å². The van der Waals surface area contributed by atoms with E-state index in [1.807, 2.05) is 0 Å². The number of rotatable bonds is 3. The maximum atomic E-state index is 5.58. The minimum atomic E-state index is 0.845. The fraction of sp³-hybridized carbons (Fsp3) is 0.368. The Morgan fingerprint density at radius 1 is 1.00 bits per heavy atom. The molecule has 0 aromatic heterocycles. The van der Waals surface area contributed by atoms with Gasteiger partial charge in [-0.2, -0.15) is 0 Å². The second-order valence-electron chi connectivity index (χ2n) is 6.02. The molecule has 0 saturated heterocycles. The van der Waals surface area contributed by atoms with Crippen molar-refractivity contribution in [3.63, 3.8) is 0 Å². The zero-order valence-corrected chi connectivity index (χ0v) is 12.3. The lowest BCUT2D eigenvalue weighted by Gasteiger charge is -2.20. The standard InChI is InChI=1S/C19H21NO/c1-2-15(18-8-10-20-13-17(18)3-1)6-4-14-5-7-19-16(12-14)9-11-21-19/h1-3,5,7,12,20H,4,6,8-11,13H2. The van der Waals surface area contributed by atoms with Gasteiger partial charge in [0.25, 0.3) is 0 Å². The van der Waals surface area contributed by atoms with Gasteiger partial charge in [0.2, 0.25) is 0 Å². The van der Waals surface area contributed by atoms with E-state index < -0.39 is 0 Å². The van der Waals surface area contributed by atoms with E-state index in [0.717, 1.165) is 44.7 Å². The maximum absolute atomic E-state index is 5.58. The highest BCUT2D eigenvalue weighted by atomic mass is 16.5. The van der Waals surface area contributed by atoms with Gasteiger partial charge >= 0.3 is 0 Å². The summed E-state index contributed by atoms with van der Waals surface area (Å²) < 4.78 is 5.58. The summed E-state index contributed by atoms with van der Waals surface area (Å²) in [6.45, 7) is 2.98. The molecule has 0 bridgehead atoms. The zero-order valence-electron chi connectivity index (χ0n) is 12.3. The molecule has 2 aliphatic heterocycles. The molecule has 0 amide bonds. The van der Waals surface area contributed by atoms with E-state index in [0.29, 0.717) is 0 Å². The summed E-state index contributed by atoms with van der Waals surface area (Å²) in [5.41, 5.74) is 7.42. The molecule has 0 atom stereocenters. The smallest absolute Gasteiger partial charge is 0.122 e. The third-order valence-electron chi connectivity index (χ3n) is 4.67. The number of aryl methyl sites for hydroxylation is 2. The number of ether oxygens (including phenoxy) is 1. The van der Waals surface area contributed by atoms with Crippen LogP contribution in [0.15, 0.2) is 36.4 Å². The molecule has 2 nitrogen and oxygen atoms in total. The van der Waals surface area contributed by atoms with Gasteiger partial charge in [-0.3, -0.25) is 0 Å². The fourth-order valence-electron chi connectivity index (χ4n) is 3.52. The first-order valence-corrected chi connectivity index (χ1v) is 7.95. The lowest BCUT2D eigenvalue weighted by Crippen LogP contribution is -2.24. The van der Waals surface area contributed by atoms with Crippen LogP contribution in [0.3, 0.4) is 0 Å². The number of hydrogen-bond donors (Lipinski definition) is 1. The highest BCUT2D eigenvalue weighted by Gasteiger charge is 2.14. The lowest BCUT2D eigenvalue weighted by atomic mass is 9.92. The summed E-state index contributed by atoms with van der Waals surface area (Å²) in [6.07, 6.45) is 4.50. The van der Waals surface area contributed by atoms with Crippen molar-refractivity contribution >= 4 is 0 Å². The molecule has 0 unspecified atom stereocenters. The average Bonchev–Trinajstić information content (AvgIpc) is 3.00. The van der Waals surface area contributed by atoms with Crippen molar-refractivity contribution in [2.24, 2.45) is 0 Å². The van der Waals surface area contributed by atoms with Crippen LogP contribution in [-0.4, -0.2) is 13.2 Å². The highest BCUT2D eigenvalue weighted by Crippen LogP contribution is 2.27. The average molecular weight is 279 g/mol. The second-order valence-corrected chi connectivity index (χ2v) is 6.02. The van der Waals surface area contributed by atoms with Crippen LogP contribution >= 0.6 is 0 Å². The number of nitrogens with one attached hydrogen (secondary N) is 1. The first-order chi connectivity index (χ1) is 10.4. The fourth-order valence-corrected chi connectivity index (χ4v) is 3.52. The predicted octanol–water partition coefficient (Wildman–Crippen LogP) is 3.05. The SMILES string of the molecule is c1cc(CCc2ccc3c(c2)CCO3)c2c(c1)CNCC2. The van der Waals surface area contributed by atoms with Crippen LogP contribution in [0.1, 0.15) is 27.8 Å². The van der Waals surface area contributed by atoms with Gasteiger partial charge in [-0.1, -0.05) is 30.3 Å². The largest absolute Gasteiger partial charge is 0.493 e. The van der Waals surface area contributed by atoms with Gasteiger partial charge < -0.3 is 10.1 Å². The third kappa shape index (κ3) is 2.56. The molecular weight excluding hydrogens is 258 g/mol. The molecule has 108 valence electrons. The van der Waals surface area contributed by atoms with E-state index in [2.05, 4.69) is 41.7 Å². The van der Waals surface area contributed by atoms with Crippen LogP contribution in [0.5, 0.6) is 5.75 Å². The summed E-state index contributed by atoms with van der Waals surface area (Å²) in [5.74, 6) is 1.09. The molecule has 4 rings (SSSR count). The van der Waals surface area contributed by atoms with Gasteiger partial charge in [0.1, 0.15) is 5.75 Å². The molecule has 2 heterocycles. The minimum Gasteiger partial charge on any atom is -0.493 e. The minimum absolute atomic E-state index is 0.845. The molecule has 0 saturated carbocycles. The summed E-state index contributed by atoms with van der Waals surface area (Å²) in [4.78, 5) is 0. The molecule has 1 N–H and O–H groups in total. The Labute approximate surface area is 126 Å². The van der Waals surface area contributed by atoms with Crippen LogP contribution in [0.25, 0.3) is 0 Å². The van der Waals surface area contributed by atoms with Crippen LogP contribution in [-0.2, 0) is 32.2 Å². The Bertz CT molecular complexity index is 663. The highest BCUT2D eigenvalue weighted by molar-refractivity contribution is 5.41. The Morgan fingerprint density at radius 2 is 2.00 bits per heavy atom. The zero-order chi connectivity index (χ0) is 14.1. The van der Waals surface area contributed by atoms with Crippen molar-refractivity contribution in [2.45, 2.75) is 32.2 Å². The van der Waals surface area contributed by atoms with Crippen molar-refractivity contribution < 1.29 is 4.74 Å². The molecule has 2 aromatic carbocycles. The van der Waals surface area contributed by atoms with Gasteiger partial charge in [-0.15, -0.1) is 0 Å². The van der Waals surface area contributed by atoms with Crippen LogP contribution < -0.4 is 10.1 Å². The van der Waals surface area contributed by atoms with E-state index in [9.17, 15) is 0 Å². The van der Waals surface area contributed by atoms with E-state index >= 15 is 0 Å². The molecule has 0 radical (unpaired) electrons. The molecule has 0 spiro atoms. The molecule has 0 fully saturated rings. The molecule has 2 heteroatoms. The molecule has 0 aliphatic carbocycles. The Morgan fingerprint density at radius 3 is 3.00 bits per heavy atom. The summed E-state index contributed by atoms with van der Waals surface area (Å²) in [6, 6.07) is 13.5. The van der Waals surface area contributed by atoms with Gasteiger partial charge in [0.15, 0.2) is 0 Å². The molecule has 21 heavy (non-hydrogen) atoms. The van der Waals surface area contributed by atoms with Gasteiger partial charge in [-0.25, -0.2) is 0 Å². The number of benzene rings is 2. The van der Waals surface area contributed by atoms with Crippen molar-refractivity contribution in [3.8, 4) is 5.75 Å². The van der Waals surface area contributed by atoms with Crippen molar-refractivity contribution in [3.05, 3.63) is 64.2 Å². The maximum Gasteiger partial charge on any atom is 0.122 e. The molecule has 2 aromatic rings. The van der Waals surface area contributed by atoms with Gasteiger partial charge in [0, 0.05) is 13.0 Å². The Kier molecular flexibility index (Phi) is 3.40. The topological polar surface area (TPSA) is 21.3 Å².